The van der Waals surface area contributed by atoms with Crippen LogP contribution in [0.1, 0.15) is 27.7 Å². The number of benzene rings is 6. The second-order valence-corrected chi connectivity index (χ2v) is 13.0. The molecule has 0 atom stereocenters. The predicted molar refractivity (Wildman–Crippen MR) is 173 cm³/mol. The van der Waals surface area contributed by atoms with Crippen LogP contribution < -0.4 is 5.46 Å². The van der Waals surface area contributed by atoms with Crippen LogP contribution in [-0.4, -0.2) is 18.3 Å². The van der Waals surface area contributed by atoms with Gasteiger partial charge >= 0.3 is 7.12 Å². The third kappa shape index (κ3) is 3.37. The van der Waals surface area contributed by atoms with Gasteiger partial charge < -0.3 is 9.31 Å². The van der Waals surface area contributed by atoms with Crippen LogP contribution in [0.4, 0.5) is 0 Å². The second-order valence-electron chi connectivity index (χ2n) is 11.9. The van der Waals surface area contributed by atoms with Gasteiger partial charge in [0.2, 0.25) is 0 Å². The first-order chi connectivity index (χ1) is 19.3. The van der Waals surface area contributed by atoms with Crippen molar-refractivity contribution in [2.45, 2.75) is 38.9 Å². The highest BCUT2D eigenvalue weighted by Gasteiger charge is 2.52. The molecule has 0 saturated carbocycles. The molecule has 4 heteroatoms. The van der Waals surface area contributed by atoms with E-state index in [4.69, 9.17) is 9.31 Å². The first kappa shape index (κ1) is 24.1. The maximum Gasteiger partial charge on any atom is 0.496 e. The van der Waals surface area contributed by atoms with Crippen LogP contribution in [0.25, 0.3) is 63.6 Å². The molecular formula is C36H29BO2S. The minimum absolute atomic E-state index is 0.375. The minimum atomic E-state index is -0.384. The van der Waals surface area contributed by atoms with Crippen molar-refractivity contribution in [3.8, 4) is 11.1 Å². The van der Waals surface area contributed by atoms with Gasteiger partial charge in [0, 0.05) is 20.2 Å². The molecule has 0 aliphatic carbocycles. The second kappa shape index (κ2) is 8.41. The number of hydrogen-bond donors (Lipinski definition) is 0. The Hall–Kier alpha value is -3.70. The molecule has 194 valence electrons. The molecule has 1 saturated heterocycles. The number of thiophene rings is 1. The van der Waals surface area contributed by atoms with Crippen LogP contribution in [0.3, 0.4) is 0 Å². The van der Waals surface area contributed by atoms with Crippen molar-refractivity contribution in [1.82, 2.24) is 0 Å². The van der Waals surface area contributed by atoms with Gasteiger partial charge in [-0.25, -0.2) is 0 Å². The minimum Gasteiger partial charge on any atom is -0.399 e. The molecule has 0 bridgehead atoms. The molecule has 0 radical (unpaired) electrons. The highest BCUT2D eigenvalue weighted by molar-refractivity contribution is 7.27. The van der Waals surface area contributed by atoms with Gasteiger partial charge in [-0.3, -0.25) is 0 Å². The summed E-state index contributed by atoms with van der Waals surface area (Å²) in [5.41, 5.74) is 2.86. The number of hydrogen-bond acceptors (Lipinski definition) is 3. The highest BCUT2D eigenvalue weighted by atomic mass is 32.1. The summed E-state index contributed by atoms with van der Waals surface area (Å²) >= 11 is 1.85. The molecule has 0 N–H and O–H groups in total. The van der Waals surface area contributed by atoms with Gasteiger partial charge in [0.1, 0.15) is 0 Å². The molecule has 1 aliphatic rings. The van der Waals surface area contributed by atoms with Crippen LogP contribution in [0.5, 0.6) is 0 Å². The van der Waals surface area contributed by atoms with Crippen LogP contribution >= 0.6 is 11.3 Å². The molecule has 0 spiro atoms. The molecule has 40 heavy (non-hydrogen) atoms. The molecule has 1 fully saturated rings. The molecular weight excluding hydrogens is 507 g/mol. The van der Waals surface area contributed by atoms with E-state index in [0.29, 0.717) is 0 Å². The van der Waals surface area contributed by atoms with Crippen molar-refractivity contribution >= 4 is 76.4 Å². The Balaban J connectivity index is 1.36. The Morgan fingerprint density at radius 3 is 1.62 bits per heavy atom. The summed E-state index contributed by atoms with van der Waals surface area (Å²) in [5, 5.41) is 10.3. The molecule has 6 aromatic carbocycles. The molecule has 0 unspecified atom stereocenters. The summed E-state index contributed by atoms with van der Waals surface area (Å²) < 4.78 is 15.5. The number of rotatable bonds is 2. The van der Waals surface area contributed by atoms with Crippen molar-refractivity contribution in [3.63, 3.8) is 0 Å². The smallest absolute Gasteiger partial charge is 0.399 e. The van der Waals surface area contributed by atoms with Crippen molar-refractivity contribution in [2.24, 2.45) is 0 Å². The lowest BCUT2D eigenvalue weighted by Crippen LogP contribution is -2.41. The maximum absolute atomic E-state index is 6.48. The number of fused-ring (bicyclic) bond motifs is 9. The van der Waals surface area contributed by atoms with Gasteiger partial charge in [0.15, 0.2) is 0 Å². The van der Waals surface area contributed by atoms with E-state index in [-0.39, 0.29) is 18.3 Å². The van der Waals surface area contributed by atoms with E-state index in [2.05, 4.69) is 131 Å². The fraction of sp³-hybridized carbons (Fsp3) is 0.167. The third-order valence-corrected chi connectivity index (χ3v) is 10.4. The molecule has 7 aromatic rings. The first-order valence-electron chi connectivity index (χ1n) is 14.0. The third-order valence-electron chi connectivity index (χ3n) is 9.12. The standard InChI is InChI=1S/C36H29BO2S/c1-35(2)36(3,4)39-37(38-35)32-18-10-17-30-29-16-9-15-23(33(29)40-34(30)32)22-19-20-28-26-13-6-5-11-24(26)25-12-7-8-14-27(25)31(28)21-22/h5-21H,1-4H3. The summed E-state index contributed by atoms with van der Waals surface area (Å²) in [6.07, 6.45) is 0. The van der Waals surface area contributed by atoms with E-state index in [1.54, 1.807) is 0 Å². The maximum atomic E-state index is 6.48. The summed E-state index contributed by atoms with van der Waals surface area (Å²) in [6.45, 7) is 8.46. The molecule has 0 amide bonds. The zero-order chi connectivity index (χ0) is 27.2. The van der Waals surface area contributed by atoms with Crippen LogP contribution in [0.15, 0.2) is 103 Å². The quantitative estimate of drug-likeness (QED) is 0.162. The van der Waals surface area contributed by atoms with Crippen LogP contribution in [0.2, 0.25) is 0 Å². The van der Waals surface area contributed by atoms with E-state index in [9.17, 15) is 0 Å². The van der Waals surface area contributed by atoms with E-state index in [1.807, 2.05) is 11.3 Å². The fourth-order valence-electron chi connectivity index (χ4n) is 6.30. The Labute approximate surface area is 238 Å². The summed E-state index contributed by atoms with van der Waals surface area (Å²) in [5.74, 6) is 0. The normalized spacial score (nSPS) is 16.6. The lowest BCUT2D eigenvalue weighted by atomic mass is 9.78. The Kier molecular flexibility index (Phi) is 5.07. The zero-order valence-corrected chi connectivity index (χ0v) is 23.9. The van der Waals surface area contributed by atoms with E-state index < -0.39 is 0 Å². The van der Waals surface area contributed by atoms with Crippen LogP contribution in [-0.2, 0) is 9.31 Å². The topological polar surface area (TPSA) is 18.5 Å². The molecule has 2 heterocycles. The molecule has 8 rings (SSSR count). The van der Waals surface area contributed by atoms with Gasteiger partial charge in [0.25, 0.3) is 0 Å². The Morgan fingerprint density at radius 2 is 1.00 bits per heavy atom. The fourth-order valence-corrected chi connectivity index (χ4v) is 7.66. The molecule has 1 aliphatic heterocycles. The average Bonchev–Trinajstić information content (AvgIpc) is 3.45. The lowest BCUT2D eigenvalue weighted by molar-refractivity contribution is 0.00578. The average molecular weight is 537 g/mol. The van der Waals surface area contributed by atoms with Gasteiger partial charge in [-0.1, -0.05) is 97.1 Å². The predicted octanol–water partition coefficient (Wildman–Crippen LogP) is 9.48. The molecule has 1 aromatic heterocycles. The van der Waals surface area contributed by atoms with Gasteiger partial charge in [0.05, 0.1) is 11.2 Å². The summed E-state index contributed by atoms with van der Waals surface area (Å²) in [7, 11) is -0.384. The van der Waals surface area contributed by atoms with Crippen LogP contribution in [0, 0.1) is 0 Å². The van der Waals surface area contributed by atoms with Crippen molar-refractivity contribution in [2.75, 3.05) is 0 Å². The SMILES string of the molecule is CC1(C)OB(c2cccc3c2sc2c(-c4ccc5c6ccccc6c6ccccc6c5c4)cccc23)OC1(C)C. The van der Waals surface area contributed by atoms with Crippen molar-refractivity contribution in [3.05, 3.63) is 103 Å². The first-order valence-corrected chi connectivity index (χ1v) is 14.8. The molecule has 2 nitrogen and oxygen atoms in total. The van der Waals surface area contributed by atoms with Crippen molar-refractivity contribution in [1.29, 1.82) is 0 Å². The monoisotopic (exact) mass is 536 g/mol. The van der Waals surface area contributed by atoms with E-state index >= 15 is 0 Å². The van der Waals surface area contributed by atoms with Gasteiger partial charge in [-0.2, -0.15) is 0 Å². The zero-order valence-electron chi connectivity index (χ0n) is 23.1. The van der Waals surface area contributed by atoms with Gasteiger partial charge in [-0.15, -0.1) is 11.3 Å². The Bertz CT molecular complexity index is 2090. The summed E-state index contributed by atoms with van der Waals surface area (Å²) in [4.78, 5) is 0. The van der Waals surface area contributed by atoms with Gasteiger partial charge in [-0.05, 0) is 82.6 Å². The van der Waals surface area contributed by atoms with E-state index in [1.165, 1.54) is 63.6 Å². The van der Waals surface area contributed by atoms with E-state index in [0.717, 1.165) is 5.46 Å². The Morgan fingerprint density at radius 1 is 0.500 bits per heavy atom. The summed E-state index contributed by atoms with van der Waals surface area (Å²) in [6, 6.07) is 37.7. The largest absolute Gasteiger partial charge is 0.496 e. The highest BCUT2D eigenvalue weighted by Crippen LogP contribution is 2.43. The lowest BCUT2D eigenvalue weighted by Gasteiger charge is -2.32. The van der Waals surface area contributed by atoms with Crippen molar-refractivity contribution < 1.29 is 9.31 Å².